The van der Waals surface area contributed by atoms with Crippen LogP contribution in [0.4, 0.5) is 10.1 Å². The lowest BCUT2D eigenvalue weighted by Crippen LogP contribution is -2.22. The maximum Gasteiger partial charge on any atom is 0.345 e. The van der Waals surface area contributed by atoms with Crippen LogP contribution in [-0.4, -0.2) is 22.4 Å². The summed E-state index contributed by atoms with van der Waals surface area (Å²) in [6.07, 6.45) is 4.19. The van der Waals surface area contributed by atoms with Crippen LogP contribution in [0.15, 0.2) is 18.5 Å². The summed E-state index contributed by atoms with van der Waals surface area (Å²) in [6, 6.07) is 0. The third-order valence-electron chi connectivity index (χ3n) is 1.92. The van der Waals surface area contributed by atoms with Gasteiger partial charge in [-0.3, -0.25) is 14.9 Å². The molecular formula is C8H7N3O4S. The highest BCUT2D eigenvalue weighted by atomic mass is 32.1. The number of hydrogen-bond donors (Lipinski definition) is 1. The Morgan fingerprint density at radius 3 is 3.12 bits per heavy atom. The van der Waals surface area contributed by atoms with Gasteiger partial charge in [-0.1, -0.05) is 0 Å². The summed E-state index contributed by atoms with van der Waals surface area (Å²) >= 11 is 0.821. The third kappa shape index (κ3) is 2.16. The molecule has 8 heteroatoms. The fraction of sp³-hybridized carbons (Fsp3) is 0.250. The fourth-order valence-electron chi connectivity index (χ4n) is 1.13. The smallest absolute Gasteiger partial charge is 0.345 e. The molecule has 0 aromatic carbocycles. The number of anilines is 1. The maximum absolute atomic E-state index is 11.5. The van der Waals surface area contributed by atoms with Crippen molar-refractivity contribution in [2.45, 2.75) is 0 Å². The quantitative estimate of drug-likeness (QED) is 0.632. The second-order valence-electron chi connectivity index (χ2n) is 3.02. The molecule has 0 saturated carbocycles. The van der Waals surface area contributed by atoms with Gasteiger partial charge in [-0.05, 0) is 17.4 Å². The fourth-order valence-corrected chi connectivity index (χ4v) is 1.77. The van der Waals surface area contributed by atoms with Crippen LogP contribution < -0.4 is 5.32 Å². The van der Waals surface area contributed by atoms with Gasteiger partial charge in [0.2, 0.25) is 5.91 Å². The normalized spacial score (nSPS) is 18.1. The number of carbonyl (C=O) groups is 1. The Morgan fingerprint density at radius 1 is 1.75 bits per heavy atom. The van der Waals surface area contributed by atoms with Gasteiger partial charge in [0.15, 0.2) is 5.13 Å². The van der Waals surface area contributed by atoms with Gasteiger partial charge in [0, 0.05) is 0 Å². The van der Waals surface area contributed by atoms with E-state index in [9.17, 15) is 14.9 Å². The number of carbonyl (C=O) groups excluding carboxylic acids is 1. The zero-order valence-corrected chi connectivity index (χ0v) is 8.77. The number of aromatic nitrogens is 1. The van der Waals surface area contributed by atoms with Crippen LogP contribution in [0.1, 0.15) is 0 Å². The number of nitro groups is 1. The Balaban J connectivity index is 2.00. The summed E-state index contributed by atoms with van der Waals surface area (Å²) in [5.74, 6) is -0.638. The number of amides is 1. The van der Waals surface area contributed by atoms with Gasteiger partial charge in [-0.2, -0.15) is 0 Å². The largest absolute Gasteiger partial charge is 0.500 e. The first-order chi connectivity index (χ1) is 7.66. The molecule has 0 spiro atoms. The predicted octanol–water partition coefficient (Wildman–Crippen LogP) is 1.15. The minimum absolute atomic E-state index is 0.103. The molecule has 84 valence electrons. The minimum atomic E-state index is -0.550. The first kappa shape index (κ1) is 10.6. The molecule has 1 amide bonds. The van der Waals surface area contributed by atoms with E-state index in [0.29, 0.717) is 6.61 Å². The molecule has 0 radical (unpaired) electrons. The zero-order chi connectivity index (χ0) is 11.5. The standard InChI is InChI=1S/C8H7N3O4S/c12-7(5-1-2-15-4-5)10-8-9-3-6(16-8)11(13)14/h1-3,5H,4H2,(H,9,10,12). The van der Waals surface area contributed by atoms with Gasteiger partial charge in [-0.15, -0.1) is 0 Å². The zero-order valence-electron chi connectivity index (χ0n) is 7.95. The highest BCUT2D eigenvalue weighted by Crippen LogP contribution is 2.25. The van der Waals surface area contributed by atoms with Crippen LogP contribution in [0.25, 0.3) is 0 Å². The maximum atomic E-state index is 11.5. The SMILES string of the molecule is O=C(Nc1ncc([N+](=O)[O-])s1)C1C=COC1. The van der Waals surface area contributed by atoms with Gasteiger partial charge in [0.25, 0.3) is 0 Å². The Kier molecular flexibility index (Phi) is 2.82. The van der Waals surface area contributed by atoms with Crippen LogP contribution >= 0.6 is 11.3 Å². The second kappa shape index (κ2) is 4.27. The summed E-state index contributed by atoms with van der Waals surface area (Å²) in [5, 5.41) is 13.0. The minimum Gasteiger partial charge on any atom is -0.500 e. The van der Waals surface area contributed by atoms with Crippen molar-refractivity contribution in [1.29, 1.82) is 0 Å². The van der Waals surface area contributed by atoms with Gasteiger partial charge < -0.3 is 10.1 Å². The molecule has 2 rings (SSSR count). The van der Waals surface area contributed by atoms with Crippen molar-refractivity contribution in [3.8, 4) is 0 Å². The van der Waals surface area contributed by atoms with Crippen molar-refractivity contribution in [3.63, 3.8) is 0 Å². The van der Waals surface area contributed by atoms with Crippen LogP contribution in [0.5, 0.6) is 0 Å². The highest BCUT2D eigenvalue weighted by molar-refractivity contribution is 7.18. The van der Waals surface area contributed by atoms with Crippen molar-refractivity contribution in [3.05, 3.63) is 28.6 Å². The van der Waals surface area contributed by atoms with Gasteiger partial charge in [0.05, 0.1) is 17.1 Å². The first-order valence-corrected chi connectivity index (χ1v) is 5.18. The number of nitrogens with one attached hydrogen (secondary N) is 1. The second-order valence-corrected chi connectivity index (χ2v) is 4.03. The summed E-state index contributed by atoms with van der Waals surface area (Å²) < 4.78 is 4.89. The summed E-state index contributed by atoms with van der Waals surface area (Å²) in [5.41, 5.74) is 0. The molecule has 1 unspecified atom stereocenters. The molecular weight excluding hydrogens is 234 g/mol. The summed E-state index contributed by atoms with van der Waals surface area (Å²) in [6.45, 7) is 0.291. The predicted molar refractivity (Wildman–Crippen MR) is 56.0 cm³/mol. The average molecular weight is 241 g/mol. The first-order valence-electron chi connectivity index (χ1n) is 4.36. The lowest BCUT2D eigenvalue weighted by atomic mass is 10.1. The molecule has 1 aliphatic heterocycles. The van der Waals surface area contributed by atoms with Gasteiger partial charge in [-0.25, -0.2) is 4.98 Å². The molecule has 1 atom stereocenters. The molecule has 1 aliphatic rings. The van der Waals surface area contributed by atoms with E-state index in [4.69, 9.17) is 4.74 Å². The number of nitrogens with zero attached hydrogens (tertiary/aromatic N) is 2. The van der Waals surface area contributed by atoms with E-state index in [1.54, 1.807) is 6.08 Å². The van der Waals surface area contributed by atoms with Crippen LogP contribution in [0, 0.1) is 16.0 Å². The van der Waals surface area contributed by atoms with Crippen LogP contribution in [0.2, 0.25) is 0 Å². The number of hydrogen-bond acceptors (Lipinski definition) is 6. The molecule has 1 N–H and O–H groups in total. The van der Waals surface area contributed by atoms with Crippen molar-refractivity contribution < 1.29 is 14.5 Å². The molecule has 2 heterocycles. The highest BCUT2D eigenvalue weighted by Gasteiger charge is 2.21. The van der Waals surface area contributed by atoms with Crippen LogP contribution in [-0.2, 0) is 9.53 Å². The molecule has 1 aromatic heterocycles. The van der Waals surface area contributed by atoms with E-state index >= 15 is 0 Å². The van der Waals surface area contributed by atoms with Gasteiger partial charge >= 0.3 is 5.00 Å². The Labute approximate surface area is 93.9 Å². The van der Waals surface area contributed by atoms with E-state index in [1.165, 1.54) is 6.26 Å². The average Bonchev–Trinajstić information content (AvgIpc) is 2.87. The third-order valence-corrected chi connectivity index (χ3v) is 2.79. The Bertz CT molecular complexity index is 456. The van der Waals surface area contributed by atoms with E-state index in [-0.39, 0.29) is 22.0 Å². The van der Waals surface area contributed by atoms with E-state index < -0.39 is 4.92 Å². The molecule has 0 saturated heterocycles. The summed E-state index contributed by atoms with van der Waals surface area (Å²) in [7, 11) is 0. The molecule has 0 fully saturated rings. The number of ether oxygens (including phenoxy) is 1. The molecule has 16 heavy (non-hydrogen) atoms. The van der Waals surface area contributed by atoms with Gasteiger partial charge in [0.1, 0.15) is 12.8 Å². The molecule has 1 aromatic rings. The molecule has 0 aliphatic carbocycles. The van der Waals surface area contributed by atoms with Crippen molar-refractivity contribution in [2.24, 2.45) is 5.92 Å². The van der Waals surface area contributed by atoms with Crippen LogP contribution in [0.3, 0.4) is 0 Å². The lowest BCUT2D eigenvalue weighted by Gasteiger charge is -2.04. The van der Waals surface area contributed by atoms with Crippen molar-refractivity contribution in [2.75, 3.05) is 11.9 Å². The van der Waals surface area contributed by atoms with Crippen molar-refractivity contribution in [1.82, 2.24) is 4.98 Å². The van der Waals surface area contributed by atoms with E-state index in [2.05, 4.69) is 10.3 Å². The number of thiazole rings is 1. The van der Waals surface area contributed by atoms with E-state index in [1.807, 2.05) is 0 Å². The summed E-state index contributed by atoms with van der Waals surface area (Å²) in [4.78, 5) is 25.1. The monoisotopic (exact) mass is 241 g/mol. The molecule has 7 nitrogen and oxygen atoms in total. The topological polar surface area (TPSA) is 94.4 Å². The van der Waals surface area contributed by atoms with E-state index in [0.717, 1.165) is 17.5 Å². The Morgan fingerprint density at radius 2 is 2.56 bits per heavy atom. The van der Waals surface area contributed by atoms with Crippen molar-refractivity contribution >= 4 is 27.4 Å². The number of rotatable bonds is 3. The lowest BCUT2D eigenvalue weighted by molar-refractivity contribution is -0.380. The molecule has 0 bridgehead atoms. The Hall–Kier alpha value is -1.96.